The van der Waals surface area contributed by atoms with Gasteiger partial charge in [-0.1, -0.05) is 45.0 Å². The summed E-state index contributed by atoms with van der Waals surface area (Å²) in [7, 11) is 1.60. The summed E-state index contributed by atoms with van der Waals surface area (Å²) in [6.07, 6.45) is 1.08. The number of hydrogen-bond acceptors (Lipinski definition) is 3. The van der Waals surface area contributed by atoms with Gasteiger partial charge in [0.25, 0.3) is 0 Å². The van der Waals surface area contributed by atoms with E-state index in [0.717, 1.165) is 22.3 Å². The van der Waals surface area contributed by atoms with Gasteiger partial charge in [0, 0.05) is 12.0 Å². The van der Waals surface area contributed by atoms with E-state index in [0.29, 0.717) is 18.6 Å². The summed E-state index contributed by atoms with van der Waals surface area (Å²) >= 11 is 0. The zero-order valence-corrected chi connectivity index (χ0v) is 15.5. The number of aliphatic hydroxyl groups is 1. The highest BCUT2D eigenvalue weighted by molar-refractivity contribution is 5.77. The molecule has 0 atom stereocenters. The molecule has 2 aromatic carbocycles. The molecule has 2 rings (SSSR count). The molecule has 4 nitrogen and oxygen atoms in total. The third-order valence-corrected chi connectivity index (χ3v) is 4.37. The van der Waals surface area contributed by atoms with E-state index in [1.165, 1.54) is 5.56 Å². The molecule has 0 saturated carbocycles. The number of aryl methyl sites for hydroxylation is 1. The van der Waals surface area contributed by atoms with Crippen LogP contribution >= 0.6 is 0 Å². The number of nitrogens with one attached hydrogen (secondary N) is 1. The Morgan fingerprint density at radius 1 is 1.08 bits per heavy atom. The van der Waals surface area contributed by atoms with Gasteiger partial charge in [-0.05, 0) is 46.2 Å². The van der Waals surface area contributed by atoms with E-state index in [4.69, 9.17) is 15.9 Å². The van der Waals surface area contributed by atoms with Crippen molar-refractivity contribution in [2.45, 2.75) is 45.6 Å². The predicted molar refractivity (Wildman–Crippen MR) is 103 cm³/mol. The second-order valence-corrected chi connectivity index (χ2v) is 7.34. The molecule has 0 aliphatic rings. The maximum absolute atomic E-state index is 9.73. The predicted octanol–water partition coefficient (Wildman–Crippen LogP) is 4.02. The highest BCUT2D eigenvalue weighted by atomic mass is 16.5. The Kier molecular flexibility index (Phi) is 5.85. The molecule has 0 spiro atoms. The van der Waals surface area contributed by atoms with E-state index < -0.39 is 0 Å². The lowest BCUT2D eigenvalue weighted by Crippen LogP contribution is -2.11. The van der Waals surface area contributed by atoms with Crippen molar-refractivity contribution in [1.82, 2.24) is 0 Å². The standard InChI is InChI=1S/C21H28N2O2/c1-21(2,3)18-8-5-14(6-9-18)16-11-15(7-10-19(22)23)20(25-4)17(12-16)13-24/h5-6,8-9,11-12,24H,7,10,13H2,1-4H3,(H3,22,23). The van der Waals surface area contributed by atoms with Crippen LogP contribution in [0.2, 0.25) is 0 Å². The van der Waals surface area contributed by atoms with Crippen molar-refractivity contribution >= 4 is 5.84 Å². The van der Waals surface area contributed by atoms with Crippen LogP contribution in [0.3, 0.4) is 0 Å². The lowest BCUT2D eigenvalue weighted by molar-refractivity contribution is 0.273. The average molecular weight is 340 g/mol. The smallest absolute Gasteiger partial charge is 0.127 e. The maximum Gasteiger partial charge on any atom is 0.127 e. The van der Waals surface area contributed by atoms with Gasteiger partial charge in [0.15, 0.2) is 0 Å². The van der Waals surface area contributed by atoms with Crippen molar-refractivity contribution < 1.29 is 9.84 Å². The molecule has 0 aromatic heterocycles. The molecule has 25 heavy (non-hydrogen) atoms. The van der Waals surface area contributed by atoms with Crippen LogP contribution in [0.25, 0.3) is 11.1 Å². The molecule has 0 heterocycles. The number of benzene rings is 2. The highest BCUT2D eigenvalue weighted by Gasteiger charge is 2.15. The number of hydrogen-bond donors (Lipinski definition) is 3. The van der Waals surface area contributed by atoms with Crippen molar-refractivity contribution in [3.05, 3.63) is 53.1 Å². The minimum absolute atomic E-state index is 0.0931. The summed E-state index contributed by atoms with van der Waals surface area (Å²) in [4.78, 5) is 0. The molecule has 0 unspecified atom stereocenters. The fourth-order valence-corrected chi connectivity index (χ4v) is 2.92. The molecule has 134 valence electrons. The highest BCUT2D eigenvalue weighted by Crippen LogP contribution is 2.33. The van der Waals surface area contributed by atoms with Gasteiger partial charge in [0.2, 0.25) is 0 Å². The minimum Gasteiger partial charge on any atom is -0.496 e. The monoisotopic (exact) mass is 340 g/mol. The van der Waals surface area contributed by atoms with Gasteiger partial charge >= 0.3 is 0 Å². The van der Waals surface area contributed by atoms with E-state index >= 15 is 0 Å². The van der Waals surface area contributed by atoms with Crippen molar-refractivity contribution in [2.24, 2.45) is 5.73 Å². The van der Waals surface area contributed by atoms with Crippen LogP contribution in [0.1, 0.15) is 43.9 Å². The SMILES string of the molecule is COc1c(CO)cc(-c2ccc(C(C)(C)C)cc2)cc1CCC(=N)N. The Bertz CT molecular complexity index is 744. The number of methoxy groups -OCH3 is 1. The van der Waals surface area contributed by atoms with E-state index in [9.17, 15) is 5.11 Å². The molecule has 0 amide bonds. The summed E-state index contributed by atoms with van der Waals surface area (Å²) in [5.41, 5.74) is 10.7. The van der Waals surface area contributed by atoms with Crippen LogP contribution in [-0.2, 0) is 18.4 Å². The molecule has 0 saturated heterocycles. The van der Waals surface area contributed by atoms with E-state index in [1.807, 2.05) is 6.07 Å². The first kappa shape index (κ1) is 19.0. The fraction of sp³-hybridized carbons (Fsp3) is 0.381. The van der Waals surface area contributed by atoms with Crippen molar-refractivity contribution in [1.29, 1.82) is 5.41 Å². The van der Waals surface area contributed by atoms with Crippen LogP contribution in [0.5, 0.6) is 5.75 Å². The number of aliphatic hydroxyl groups excluding tert-OH is 1. The Labute approximate surface area is 150 Å². The normalized spacial score (nSPS) is 11.4. The zero-order valence-electron chi connectivity index (χ0n) is 15.5. The first-order valence-electron chi connectivity index (χ1n) is 8.50. The summed E-state index contributed by atoms with van der Waals surface area (Å²) in [5.74, 6) is 0.825. The summed E-state index contributed by atoms with van der Waals surface area (Å²) in [5, 5.41) is 17.2. The second kappa shape index (κ2) is 7.70. The zero-order chi connectivity index (χ0) is 18.6. The molecule has 0 aliphatic carbocycles. The summed E-state index contributed by atoms with van der Waals surface area (Å²) in [6, 6.07) is 12.5. The molecule has 0 aliphatic heterocycles. The molecule has 0 radical (unpaired) electrons. The van der Waals surface area contributed by atoms with Crippen molar-refractivity contribution in [2.75, 3.05) is 7.11 Å². The molecule has 2 aromatic rings. The Morgan fingerprint density at radius 3 is 2.16 bits per heavy atom. The second-order valence-electron chi connectivity index (χ2n) is 7.34. The molecular weight excluding hydrogens is 312 g/mol. The van der Waals surface area contributed by atoms with Crippen LogP contribution in [-0.4, -0.2) is 18.1 Å². The largest absolute Gasteiger partial charge is 0.496 e. The first-order chi connectivity index (χ1) is 11.8. The van der Waals surface area contributed by atoms with Gasteiger partial charge in [0.1, 0.15) is 5.75 Å². The van der Waals surface area contributed by atoms with Gasteiger partial charge in [-0.2, -0.15) is 0 Å². The number of rotatable bonds is 6. The fourth-order valence-electron chi connectivity index (χ4n) is 2.92. The quantitative estimate of drug-likeness (QED) is 0.549. The topological polar surface area (TPSA) is 79.3 Å². The third kappa shape index (κ3) is 4.60. The number of amidine groups is 1. The van der Waals surface area contributed by atoms with E-state index in [1.54, 1.807) is 7.11 Å². The molecule has 4 N–H and O–H groups in total. The number of nitrogens with two attached hydrogens (primary N) is 1. The summed E-state index contributed by atoms with van der Waals surface area (Å²) in [6.45, 7) is 6.49. The van der Waals surface area contributed by atoms with E-state index in [-0.39, 0.29) is 17.9 Å². The van der Waals surface area contributed by atoms with Gasteiger partial charge in [-0.15, -0.1) is 0 Å². The first-order valence-corrected chi connectivity index (χ1v) is 8.50. The number of ether oxygens (including phenoxy) is 1. The lowest BCUT2D eigenvalue weighted by Gasteiger charge is -2.20. The van der Waals surface area contributed by atoms with E-state index in [2.05, 4.69) is 51.1 Å². The minimum atomic E-state index is -0.0931. The molecule has 0 bridgehead atoms. The average Bonchev–Trinajstić information content (AvgIpc) is 2.58. The van der Waals surface area contributed by atoms with Crippen molar-refractivity contribution in [3.8, 4) is 16.9 Å². The molecular formula is C21H28N2O2. The van der Waals surface area contributed by atoms with Crippen LogP contribution in [0, 0.1) is 5.41 Å². The van der Waals surface area contributed by atoms with Crippen LogP contribution < -0.4 is 10.5 Å². The Morgan fingerprint density at radius 2 is 1.68 bits per heavy atom. The van der Waals surface area contributed by atoms with Gasteiger partial charge in [-0.3, -0.25) is 5.41 Å². The van der Waals surface area contributed by atoms with Gasteiger partial charge in [0.05, 0.1) is 19.6 Å². The van der Waals surface area contributed by atoms with Crippen LogP contribution in [0.15, 0.2) is 36.4 Å². The molecule has 4 heteroatoms. The van der Waals surface area contributed by atoms with Gasteiger partial charge in [-0.25, -0.2) is 0 Å². The Balaban J connectivity index is 2.46. The summed E-state index contributed by atoms with van der Waals surface area (Å²) < 4.78 is 5.48. The lowest BCUT2D eigenvalue weighted by atomic mass is 9.86. The van der Waals surface area contributed by atoms with Gasteiger partial charge < -0.3 is 15.6 Å². The van der Waals surface area contributed by atoms with Crippen LogP contribution in [0.4, 0.5) is 0 Å². The maximum atomic E-state index is 9.73. The molecule has 0 fully saturated rings. The Hall–Kier alpha value is -2.33. The third-order valence-electron chi connectivity index (χ3n) is 4.37. The van der Waals surface area contributed by atoms with Crippen molar-refractivity contribution in [3.63, 3.8) is 0 Å².